The summed E-state index contributed by atoms with van der Waals surface area (Å²) in [6, 6.07) is 7.06. The third kappa shape index (κ3) is 2.90. The zero-order valence-electron chi connectivity index (χ0n) is 11.6. The van der Waals surface area contributed by atoms with Gasteiger partial charge in [-0.1, -0.05) is 6.07 Å². The molecule has 0 unspecified atom stereocenters. The van der Waals surface area contributed by atoms with E-state index in [1.54, 1.807) is 29.1 Å². The summed E-state index contributed by atoms with van der Waals surface area (Å²) in [6.45, 7) is 0.510. The van der Waals surface area contributed by atoms with Crippen LogP contribution in [0.5, 0.6) is 5.75 Å². The summed E-state index contributed by atoms with van der Waals surface area (Å²) in [5.41, 5.74) is 7.67. The summed E-state index contributed by atoms with van der Waals surface area (Å²) in [5, 5.41) is 6.92. The second-order valence-corrected chi connectivity index (χ2v) is 4.38. The fourth-order valence-electron chi connectivity index (χ4n) is 2.00. The van der Waals surface area contributed by atoms with Crippen molar-refractivity contribution in [3.05, 3.63) is 41.7 Å². The minimum Gasteiger partial charge on any atom is -0.496 e. The first-order valence-corrected chi connectivity index (χ1v) is 6.31. The highest BCUT2D eigenvalue weighted by atomic mass is 16.5. The maximum atomic E-state index is 12.2. The maximum Gasteiger partial charge on any atom is 0.257 e. The molecular weight excluding hydrogens is 256 g/mol. The average Bonchev–Trinajstić information content (AvgIpc) is 2.84. The number of nitrogens with zero attached hydrogens (tertiary/aromatic N) is 2. The van der Waals surface area contributed by atoms with E-state index in [1.807, 2.05) is 13.1 Å². The van der Waals surface area contributed by atoms with E-state index in [0.717, 1.165) is 5.69 Å². The number of nitrogen functional groups attached to an aromatic ring is 1. The molecule has 6 heteroatoms. The number of ether oxygens (including phenoxy) is 1. The summed E-state index contributed by atoms with van der Waals surface area (Å²) < 4.78 is 6.95. The number of anilines is 1. The summed E-state index contributed by atoms with van der Waals surface area (Å²) in [5.74, 6) is 0.241. The molecule has 0 radical (unpaired) electrons. The molecule has 3 N–H and O–H groups in total. The van der Waals surface area contributed by atoms with Crippen molar-refractivity contribution >= 4 is 11.6 Å². The van der Waals surface area contributed by atoms with Crippen LogP contribution in [-0.4, -0.2) is 29.3 Å². The van der Waals surface area contributed by atoms with Gasteiger partial charge in [-0.25, -0.2) is 0 Å². The molecule has 1 aromatic heterocycles. The van der Waals surface area contributed by atoms with Crippen molar-refractivity contribution in [1.29, 1.82) is 0 Å². The second-order valence-electron chi connectivity index (χ2n) is 4.38. The maximum absolute atomic E-state index is 12.2. The number of amides is 1. The molecule has 0 spiro atoms. The number of hydrogen-bond donors (Lipinski definition) is 2. The molecule has 0 aliphatic heterocycles. The lowest BCUT2D eigenvalue weighted by Gasteiger charge is -2.11. The van der Waals surface area contributed by atoms with E-state index in [9.17, 15) is 4.79 Å². The molecule has 1 heterocycles. The van der Waals surface area contributed by atoms with Crippen LogP contribution in [0.15, 0.2) is 30.5 Å². The molecule has 1 aromatic carbocycles. The number of carbonyl (C=O) groups is 1. The number of rotatable bonds is 5. The Bertz CT molecular complexity index is 607. The third-order valence-corrected chi connectivity index (χ3v) is 3.09. The van der Waals surface area contributed by atoms with Gasteiger partial charge in [0.05, 0.1) is 7.11 Å². The third-order valence-electron chi connectivity index (χ3n) is 3.09. The highest BCUT2D eigenvalue weighted by Crippen LogP contribution is 2.23. The van der Waals surface area contributed by atoms with Crippen molar-refractivity contribution in [3.8, 4) is 5.75 Å². The van der Waals surface area contributed by atoms with Crippen LogP contribution in [0.2, 0.25) is 0 Å². The van der Waals surface area contributed by atoms with Gasteiger partial charge in [-0.15, -0.1) is 0 Å². The van der Waals surface area contributed by atoms with Gasteiger partial charge < -0.3 is 15.8 Å². The van der Waals surface area contributed by atoms with Crippen LogP contribution >= 0.6 is 0 Å². The Labute approximate surface area is 117 Å². The number of aromatic nitrogens is 2. The molecule has 0 fully saturated rings. The number of methoxy groups -OCH3 is 1. The number of benzene rings is 1. The van der Waals surface area contributed by atoms with E-state index in [2.05, 4.69) is 10.4 Å². The molecule has 0 saturated carbocycles. The van der Waals surface area contributed by atoms with Crippen molar-refractivity contribution < 1.29 is 9.53 Å². The van der Waals surface area contributed by atoms with Crippen molar-refractivity contribution in [3.63, 3.8) is 0 Å². The van der Waals surface area contributed by atoms with E-state index < -0.39 is 0 Å². The van der Waals surface area contributed by atoms with E-state index in [0.29, 0.717) is 30.0 Å². The number of nitrogens with two attached hydrogens (primary N) is 1. The van der Waals surface area contributed by atoms with Crippen molar-refractivity contribution in [1.82, 2.24) is 15.1 Å². The van der Waals surface area contributed by atoms with Crippen LogP contribution in [0.25, 0.3) is 0 Å². The Hall–Kier alpha value is -2.50. The zero-order chi connectivity index (χ0) is 14.5. The Balaban J connectivity index is 2.00. The Morgan fingerprint density at radius 1 is 1.45 bits per heavy atom. The number of hydrogen-bond acceptors (Lipinski definition) is 4. The van der Waals surface area contributed by atoms with Gasteiger partial charge in [0.25, 0.3) is 5.91 Å². The van der Waals surface area contributed by atoms with Crippen LogP contribution in [0, 0.1) is 0 Å². The topological polar surface area (TPSA) is 82.2 Å². The molecule has 20 heavy (non-hydrogen) atoms. The summed E-state index contributed by atoms with van der Waals surface area (Å²) in [4.78, 5) is 12.2. The lowest BCUT2D eigenvalue weighted by atomic mass is 10.1. The first-order valence-electron chi connectivity index (χ1n) is 6.31. The monoisotopic (exact) mass is 274 g/mol. The average molecular weight is 274 g/mol. The van der Waals surface area contributed by atoms with Crippen LogP contribution in [-0.2, 0) is 13.5 Å². The molecule has 0 atom stereocenters. The summed E-state index contributed by atoms with van der Waals surface area (Å²) in [7, 11) is 3.39. The first kappa shape index (κ1) is 13.9. The van der Waals surface area contributed by atoms with E-state index in [1.165, 1.54) is 7.11 Å². The van der Waals surface area contributed by atoms with Gasteiger partial charge in [-0.05, 0) is 18.2 Å². The van der Waals surface area contributed by atoms with E-state index >= 15 is 0 Å². The van der Waals surface area contributed by atoms with Crippen LogP contribution in [0.1, 0.15) is 16.1 Å². The minimum absolute atomic E-state index is 0.234. The Morgan fingerprint density at radius 3 is 2.90 bits per heavy atom. The van der Waals surface area contributed by atoms with E-state index in [-0.39, 0.29) is 5.91 Å². The highest BCUT2D eigenvalue weighted by Gasteiger charge is 2.15. The van der Waals surface area contributed by atoms with Crippen LogP contribution in [0.4, 0.5) is 5.69 Å². The molecule has 1 amide bonds. The molecule has 106 valence electrons. The number of aryl methyl sites for hydroxylation is 1. The predicted octanol–water partition coefficient (Wildman–Crippen LogP) is 0.983. The van der Waals surface area contributed by atoms with Gasteiger partial charge in [0, 0.05) is 37.6 Å². The van der Waals surface area contributed by atoms with Gasteiger partial charge in [0.2, 0.25) is 0 Å². The zero-order valence-corrected chi connectivity index (χ0v) is 11.6. The van der Waals surface area contributed by atoms with Gasteiger partial charge in [0.1, 0.15) is 11.3 Å². The van der Waals surface area contributed by atoms with Crippen molar-refractivity contribution in [2.24, 2.45) is 7.05 Å². The quantitative estimate of drug-likeness (QED) is 0.796. The SMILES string of the molecule is COc1cccc(N)c1C(=O)NCCc1ccnn1C. The molecule has 2 aromatic rings. The molecule has 0 saturated heterocycles. The van der Waals surface area contributed by atoms with Crippen LogP contribution in [0.3, 0.4) is 0 Å². The van der Waals surface area contributed by atoms with Gasteiger partial charge in [-0.3, -0.25) is 9.48 Å². The normalized spacial score (nSPS) is 10.3. The smallest absolute Gasteiger partial charge is 0.257 e. The largest absolute Gasteiger partial charge is 0.496 e. The highest BCUT2D eigenvalue weighted by molar-refractivity contribution is 6.01. The van der Waals surface area contributed by atoms with Gasteiger partial charge >= 0.3 is 0 Å². The molecule has 0 aliphatic carbocycles. The minimum atomic E-state index is -0.234. The molecule has 6 nitrogen and oxygen atoms in total. The van der Waals surface area contributed by atoms with Gasteiger partial charge in [0.15, 0.2) is 0 Å². The molecule has 0 bridgehead atoms. The van der Waals surface area contributed by atoms with Gasteiger partial charge in [-0.2, -0.15) is 5.10 Å². The van der Waals surface area contributed by atoms with Crippen molar-refractivity contribution in [2.75, 3.05) is 19.4 Å². The van der Waals surface area contributed by atoms with E-state index in [4.69, 9.17) is 10.5 Å². The Kier molecular flexibility index (Phi) is 4.24. The standard InChI is InChI=1S/C14H18N4O2/c1-18-10(7-9-17-18)6-8-16-14(19)13-11(15)4-3-5-12(13)20-2/h3-5,7,9H,6,8,15H2,1-2H3,(H,16,19). The lowest BCUT2D eigenvalue weighted by Crippen LogP contribution is -2.27. The first-order chi connectivity index (χ1) is 9.63. The number of nitrogens with one attached hydrogen (secondary N) is 1. The molecule has 2 rings (SSSR count). The number of carbonyl (C=O) groups excluding carboxylic acids is 1. The Morgan fingerprint density at radius 2 is 2.25 bits per heavy atom. The fraction of sp³-hybridized carbons (Fsp3) is 0.286. The molecular formula is C14H18N4O2. The van der Waals surface area contributed by atoms with Crippen LogP contribution < -0.4 is 15.8 Å². The lowest BCUT2D eigenvalue weighted by molar-refractivity contribution is 0.0952. The summed E-state index contributed by atoms with van der Waals surface area (Å²) >= 11 is 0. The second kappa shape index (κ2) is 6.10. The predicted molar refractivity (Wildman–Crippen MR) is 76.7 cm³/mol. The molecule has 0 aliphatic rings. The fourth-order valence-corrected chi connectivity index (χ4v) is 2.00. The van der Waals surface area contributed by atoms with Crippen molar-refractivity contribution in [2.45, 2.75) is 6.42 Å². The summed E-state index contributed by atoms with van der Waals surface area (Å²) in [6.07, 6.45) is 2.44.